The number of benzene rings is 1. The van der Waals surface area contributed by atoms with Crippen molar-refractivity contribution < 1.29 is 13.9 Å². The molecule has 1 aromatic carbocycles. The fourth-order valence-electron chi connectivity index (χ4n) is 2.09. The maximum absolute atomic E-state index is 12.3. The van der Waals surface area contributed by atoms with Crippen LogP contribution >= 0.6 is 11.6 Å². The number of methoxy groups -OCH3 is 1. The van der Waals surface area contributed by atoms with Gasteiger partial charge in [0, 0.05) is 11.9 Å². The second-order valence-electron chi connectivity index (χ2n) is 5.00. The summed E-state index contributed by atoms with van der Waals surface area (Å²) in [5.74, 6) is 1.24. The Hall–Kier alpha value is -3.06. The van der Waals surface area contributed by atoms with Gasteiger partial charge in [0.25, 0.3) is 5.91 Å². The van der Waals surface area contributed by atoms with Crippen LogP contribution in [0.1, 0.15) is 16.2 Å². The Bertz CT molecular complexity index is 868. The molecule has 0 aliphatic rings. The standard InChI is InChI=1S/C17H15ClN4O3/c1-24-15-5-4-11(9-13(15)18)21-16(23)14-6-7-19-17(22-14)20-10-12-3-2-8-25-12/h2-9H,10H2,1H3,(H,21,23)(H,19,20,22). The number of hydrogen-bond donors (Lipinski definition) is 2. The van der Waals surface area contributed by atoms with E-state index in [1.54, 1.807) is 30.5 Å². The van der Waals surface area contributed by atoms with Gasteiger partial charge in [-0.15, -0.1) is 0 Å². The van der Waals surface area contributed by atoms with Gasteiger partial charge in [0.05, 0.1) is 24.9 Å². The maximum Gasteiger partial charge on any atom is 0.274 e. The van der Waals surface area contributed by atoms with Crippen LogP contribution in [0.25, 0.3) is 0 Å². The molecule has 2 N–H and O–H groups in total. The van der Waals surface area contributed by atoms with Gasteiger partial charge in [-0.25, -0.2) is 9.97 Å². The molecule has 0 fully saturated rings. The highest BCUT2D eigenvalue weighted by atomic mass is 35.5. The fraction of sp³-hybridized carbons (Fsp3) is 0.118. The lowest BCUT2D eigenvalue weighted by Gasteiger charge is -2.08. The highest BCUT2D eigenvalue weighted by Gasteiger charge is 2.11. The first-order valence-corrected chi connectivity index (χ1v) is 7.77. The normalized spacial score (nSPS) is 10.3. The zero-order chi connectivity index (χ0) is 17.6. The molecule has 2 heterocycles. The molecule has 0 radical (unpaired) electrons. The minimum atomic E-state index is -0.371. The summed E-state index contributed by atoms with van der Waals surface area (Å²) < 4.78 is 10.3. The molecule has 0 unspecified atom stereocenters. The number of nitrogens with zero attached hydrogens (tertiary/aromatic N) is 2. The highest BCUT2D eigenvalue weighted by molar-refractivity contribution is 6.32. The maximum atomic E-state index is 12.3. The number of carbonyl (C=O) groups is 1. The van der Waals surface area contributed by atoms with Gasteiger partial charge in [0.15, 0.2) is 0 Å². The molecular formula is C17H15ClN4O3. The van der Waals surface area contributed by atoms with Crippen molar-refractivity contribution in [3.63, 3.8) is 0 Å². The van der Waals surface area contributed by atoms with E-state index >= 15 is 0 Å². The van der Waals surface area contributed by atoms with Crippen LogP contribution in [0.4, 0.5) is 11.6 Å². The summed E-state index contributed by atoms with van der Waals surface area (Å²) in [5.41, 5.74) is 0.767. The smallest absolute Gasteiger partial charge is 0.274 e. The van der Waals surface area contributed by atoms with Gasteiger partial charge in [0.2, 0.25) is 5.95 Å². The van der Waals surface area contributed by atoms with Crippen LogP contribution in [0, 0.1) is 0 Å². The number of hydrogen-bond acceptors (Lipinski definition) is 6. The first-order chi connectivity index (χ1) is 12.2. The molecule has 2 aromatic heterocycles. The summed E-state index contributed by atoms with van der Waals surface area (Å²) in [6.45, 7) is 0.423. The summed E-state index contributed by atoms with van der Waals surface area (Å²) in [6.07, 6.45) is 3.09. The first-order valence-electron chi connectivity index (χ1n) is 7.40. The van der Waals surface area contributed by atoms with Crippen LogP contribution in [0.5, 0.6) is 5.75 Å². The van der Waals surface area contributed by atoms with Gasteiger partial charge in [-0.05, 0) is 36.4 Å². The molecule has 1 amide bonds. The summed E-state index contributed by atoms with van der Waals surface area (Å²) in [4.78, 5) is 20.6. The largest absolute Gasteiger partial charge is 0.495 e. The SMILES string of the molecule is COc1ccc(NC(=O)c2ccnc(NCc3ccco3)n2)cc1Cl. The van der Waals surface area contributed by atoms with E-state index in [4.69, 9.17) is 20.8 Å². The van der Waals surface area contributed by atoms with Crippen molar-refractivity contribution in [3.05, 3.63) is 65.3 Å². The summed E-state index contributed by atoms with van der Waals surface area (Å²) in [5, 5.41) is 6.13. The van der Waals surface area contributed by atoms with Crippen LogP contribution in [0.15, 0.2) is 53.3 Å². The molecule has 0 saturated heterocycles. The van der Waals surface area contributed by atoms with Crippen molar-refractivity contribution in [2.45, 2.75) is 6.54 Å². The van der Waals surface area contributed by atoms with Crippen molar-refractivity contribution in [2.75, 3.05) is 17.7 Å². The monoisotopic (exact) mass is 358 g/mol. The van der Waals surface area contributed by atoms with E-state index < -0.39 is 0 Å². The number of nitrogens with one attached hydrogen (secondary N) is 2. The molecule has 0 aliphatic carbocycles. The van der Waals surface area contributed by atoms with Crippen molar-refractivity contribution in [1.82, 2.24) is 9.97 Å². The minimum Gasteiger partial charge on any atom is -0.495 e. The lowest BCUT2D eigenvalue weighted by Crippen LogP contribution is -2.15. The van der Waals surface area contributed by atoms with E-state index in [0.717, 1.165) is 5.76 Å². The highest BCUT2D eigenvalue weighted by Crippen LogP contribution is 2.27. The Labute approximate surface area is 149 Å². The van der Waals surface area contributed by atoms with E-state index in [0.29, 0.717) is 29.0 Å². The van der Waals surface area contributed by atoms with E-state index in [-0.39, 0.29) is 11.6 Å². The predicted molar refractivity (Wildman–Crippen MR) is 94.0 cm³/mol. The third kappa shape index (κ3) is 4.27. The summed E-state index contributed by atoms with van der Waals surface area (Å²) >= 11 is 6.05. The number of furan rings is 1. The van der Waals surface area contributed by atoms with Crippen LogP contribution in [-0.4, -0.2) is 23.0 Å². The average molecular weight is 359 g/mol. The Morgan fingerprint density at radius 2 is 2.20 bits per heavy atom. The molecule has 3 rings (SSSR count). The molecule has 8 heteroatoms. The van der Waals surface area contributed by atoms with Gasteiger partial charge in [-0.2, -0.15) is 0 Å². The number of halogens is 1. The second-order valence-corrected chi connectivity index (χ2v) is 5.41. The molecule has 0 saturated carbocycles. The van der Waals surface area contributed by atoms with E-state index in [2.05, 4.69) is 20.6 Å². The van der Waals surface area contributed by atoms with Crippen molar-refractivity contribution in [2.24, 2.45) is 0 Å². The quantitative estimate of drug-likeness (QED) is 0.699. The second kappa shape index (κ2) is 7.67. The topological polar surface area (TPSA) is 89.3 Å². The molecule has 0 aliphatic heterocycles. The molecule has 7 nitrogen and oxygen atoms in total. The van der Waals surface area contributed by atoms with Gasteiger partial charge in [-0.1, -0.05) is 11.6 Å². The van der Waals surface area contributed by atoms with E-state index in [9.17, 15) is 4.79 Å². The van der Waals surface area contributed by atoms with Crippen LogP contribution < -0.4 is 15.4 Å². The van der Waals surface area contributed by atoms with Crippen molar-refractivity contribution in [1.29, 1.82) is 0 Å². The number of carbonyl (C=O) groups excluding carboxylic acids is 1. The van der Waals surface area contributed by atoms with Gasteiger partial charge >= 0.3 is 0 Å². The Kier molecular flexibility index (Phi) is 5.15. The lowest BCUT2D eigenvalue weighted by atomic mass is 10.3. The Morgan fingerprint density at radius 1 is 1.32 bits per heavy atom. The lowest BCUT2D eigenvalue weighted by molar-refractivity contribution is 0.102. The number of aromatic nitrogens is 2. The van der Waals surface area contributed by atoms with Crippen molar-refractivity contribution in [3.8, 4) is 5.75 Å². The third-order valence-corrected chi connectivity index (χ3v) is 3.59. The molecule has 3 aromatic rings. The van der Waals surface area contributed by atoms with E-state index in [1.807, 2.05) is 6.07 Å². The molecule has 25 heavy (non-hydrogen) atoms. The summed E-state index contributed by atoms with van der Waals surface area (Å²) in [7, 11) is 1.53. The summed E-state index contributed by atoms with van der Waals surface area (Å²) in [6, 6.07) is 10.1. The molecule has 0 atom stereocenters. The fourth-order valence-corrected chi connectivity index (χ4v) is 2.35. The Morgan fingerprint density at radius 3 is 2.92 bits per heavy atom. The van der Waals surface area contributed by atoms with Gasteiger partial charge in [-0.3, -0.25) is 4.79 Å². The zero-order valence-electron chi connectivity index (χ0n) is 13.3. The third-order valence-electron chi connectivity index (χ3n) is 3.30. The molecule has 0 bridgehead atoms. The van der Waals surface area contributed by atoms with Crippen LogP contribution in [0.3, 0.4) is 0 Å². The Balaban J connectivity index is 1.67. The molecule has 0 spiro atoms. The number of rotatable bonds is 6. The predicted octanol–water partition coefficient (Wildman–Crippen LogP) is 3.60. The van der Waals surface area contributed by atoms with Crippen LogP contribution in [-0.2, 0) is 6.54 Å². The number of ether oxygens (including phenoxy) is 1. The first kappa shape index (κ1) is 16.8. The molecule has 128 valence electrons. The minimum absolute atomic E-state index is 0.226. The van der Waals surface area contributed by atoms with Gasteiger partial charge < -0.3 is 19.8 Å². The number of anilines is 2. The van der Waals surface area contributed by atoms with E-state index in [1.165, 1.54) is 19.4 Å². The van der Waals surface area contributed by atoms with Crippen molar-refractivity contribution >= 4 is 29.1 Å². The van der Waals surface area contributed by atoms with Crippen LogP contribution in [0.2, 0.25) is 5.02 Å². The zero-order valence-corrected chi connectivity index (χ0v) is 14.1. The number of amides is 1. The molecular weight excluding hydrogens is 344 g/mol. The average Bonchev–Trinajstić information content (AvgIpc) is 3.14. The van der Waals surface area contributed by atoms with Gasteiger partial charge in [0.1, 0.15) is 17.2 Å².